The molecule has 24 heavy (non-hydrogen) atoms. The Bertz CT molecular complexity index is 841. The van der Waals surface area contributed by atoms with E-state index in [1.807, 2.05) is 30.3 Å². The summed E-state index contributed by atoms with van der Waals surface area (Å²) in [5.74, 6) is -1.27. The zero-order chi connectivity index (χ0) is 17.2. The van der Waals surface area contributed by atoms with Crippen LogP contribution in [0.4, 0.5) is 0 Å². The van der Waals surface area contributed by atoms with Gasteiger partial charge < -0.3 is 15.0 Å². The summed E-state index contributed by atoms with van der Waals surface area (Å²) in [5, 5.41) is 8.98. The number of carbonyl (C=O) groups is 1. The zero-order valence-electron chi connectivity index (χ0n) is 12.9. The van der Waals surface area contributed by atoms with E-state index in [0.29, 0.717) is 12.0 Å². The SMILES string of the molecule is O=C(O)C(CCc1cc2ccccc2[nH]1)(c1ccccc1)[PH](=O)O. The van der Waals surface area contributed by atoms with E-state index in [1.54, 1.807) is 30.3 Å². The molecule has 0 fully saturated rings. The number of aromatic nitrogens is 1. The fourth-order valence-electron chi connectivity index (χ4n) is 3.01. The van der Waals surface area contributed by atoms with Gasteiger partial charge in [-0.3, -0.25) is 9.36 Å². The molecule has 1 aromatic heterocycles. The van der Waals surface area contributed by atoms with Crippen LogP contribution in [-0.2, 0) is 20.9 Å². The van der Waals surface area contributed by atoms with Crippen molar-refractivity contribution < 1.29 is 19.4 Å². The predicted molar refractivity (Wildman–Crippen MR) is 93.6 cm³/mol. The van der Waals surface area contributed by atoms with E-state index >= 15 is 0 Å². The lowest BCUT2D eigenvalue weighted by Gasteiger charge is -2.26. The number of aliphatic carboxylic acids is 1. The first-order valence-corrected chi connectivity index (χ1v) is 8.98. The van der Waals surface area contributed by atoms with Crippen LogP contribution in [0.5, 0.6) is 0 Å². The average molecular weight is 343 g/mol. The number of carboxylic acid groups (broad SMARTS) is 1. The molecule has 3 aromatic rings. The van der Waals surface area contributed by atoms with E-state index in [9.17, 15) is 19.4 Å². The van der Waals surface area contributed by atoms with E-state index in [0.717, 1.165) is 16.6 Å². The van der Waals surface area contributed by atoms with Gasteiger partial charge in [0.1, 0.15) is 0 Å². The maximum atomic E-state index is 12.1. The maximum Gasteiger partial charge on any atom is 0.323 e. The van der Waals surface area contributed by atoms with Crippen molar-refractivity contribution in [3.05, 3.63) is 71.9 Å². The molecule has 0 bridgehead atoms. The van der Waals surface area contributed by atoms with Gasteiger partial charge in [-0.1, -0.05) is 48.5 Å². The number of para-hydroxylation sites is 1. The van der Waals surface area contributed by atoms with Crippen molar-refractivity contribution in [1.29, 1.82) is 0 Å². The summed E-state index contributed by atoms with van der Waals surface area (Å²) >= 11 is 0. The summed E-state index contributed by atoms with van der Waals surface area (Å²) in [4.78, 5) is 25.0. The Morgan fingerprint density at radius 2 is 1.75 bits per heavy atom. The molecule has 3 rings (SSSR count). The number of hydrogen-bond acceptors (Lipinski definition) is 2. The molecule has 0 spiro atoms. The fourth-order valence-corrected chi connectivity index (χ4v) is 3.95. The van der Waals surface area contributed by atoms with Crippen molar-refractivity contribution in [1.82, 2.24) is 4.98 Å². The first kappa shape index (κ1) is 16.5. The molecule has 0 amide bonds. The number of carboxylic acids is 1. The van der Waals surface area contributed by atoms with Gasteiger partial charge in [0.15, 0.2) is 5.16 Å². The first-order chi connectivity index (χ1) is 11.5. The third kappa shape index (κ3) is 2.88. The molecule has 0 radical (unpaired) electrons. The van der Waals surface area contributed by atoms with E-state index in [-0.39, 0.29) is 6.42 Å². The van der Waals surface area contributed by atoms with Gasteiger partial charge in [-0.25, -0.2) is 0 Å². The molecular formula is C18H18NO4P. The number of benzene rings is 2. The number of aromatic amines is 1. The molecule has 0 aliphatic rings. The van der Waals surface area contributed by atoms with Crippen LogP contribution in [0, 0.1) is 0 Å². The second-order valence-electron chi connectivity index (χ2n) is 5.76. The summed E-state index contributed by atoms with van der Waals surface area (Å²) in [6.07, 6.45) is 0.417. The van der Waals surface area contributed by atoms with E-state index in [2.05, 4.69) is 4.98 Å². The van der Waals surface area contributed by atoms with Crippen molar-refractivity contribution in [3.63, 3.8) is 0 Å². The topological polar surface area (TPSA) is 90.4 Å². The van der Waals surface area contributed by atoms with Gasteiger partial charge in [0.2, 0.25) is 8.03 Å². The summed E-state index contributed by atoms with van der Waals surface area (Å²) in [5.41, 5.74) is 2.17. The molecule has 0 aliphatic heterocycles. The standard InChI is InChI=1S/C18H18NO4P/c20-17(21)18(24(22)23,14-7-2-1-3-8-14)11-10-15-12-13-6-4-5-9-16(13)19-15/h1-9,12,19,24H,10-11H2,(H,20,21)(H,22,23). The second-order valence-corrected chi connectivity index (χ2v) is 7.23. The summed E-state index contributed by atoms with van der Waals surface area (Å²) in [6, 6.07) is 18.0. The molecule has 6 heteroatoms. The van der Waals surface area contributed by atoms with Gasteiger partial charge in [-0.2, -0.15) is 0 Å². The number of fused-ring (bicyclic) bond motifs is 1. The molecule has 5 nitrogen and oxygen atoms in total. The van der Waals surface area contributed by atoms with Crippen LogP contribution >= 0.6 is 8.03 Å². The Balaban J connectivity index is 1.95. The minimum absolute atomic E-state index is 0.0491. The van der Waals surface area contributed by atoms with Crippen LogP contribution < -0.4 is 0 Å². The summed E-state index contributed by atoms with van der Waals surface area (Å²) in [6.45, 7) is 0. The van der Waals surface area contributed by atoms with Crippen molar-refractivity contribution in [2.24, 2.45) is 0 Å². The average Bonchev–Trinajstić information content (AvgIpc) is 2.98. The van der Waals surface area contributed by atoms with Crippen LogP contribution in [-0.4, -0.2) is 21.0 Å². The lowest BCUT2D eigenvalue weighted by molar-refractivity contribution is -0.140. The van der Waals surface area contributed by atoms with Gasteiger partial charge in [0.05, 0.1) is 0 Å². The van der Waals surface area contributed by atoms with E-state index < -0.39 is 19.2 Å². The predicted octanol–water partition coefficient (Wildman–Crippen LogP) is 3.55. The molecule has 2 unspecified atom stereocenters. The number of hydrogen-bond donors (Lipinski definition) is 3. The highest BCUT2D eigenvalue weighted by molar-refractivity contribution is 7.41. The van der Waals surface area contributed by atoms with Crippen molar-refractivity contribution in [2.75, 3.05) is 0 Å². The van der Waals surface area contributed by atoms with Crippen molar-refractivity contribution in [3.8, 4) is 0 Å². The Kier molecular flexibility index (Phi) is 4.56. The maximum absolute atomic E-state index is 12.1. The molecule has 124 valence electrons. The Morgan fingerprint density at radius 1 is 1.08 bits per heavy atom. The molecule has 0 aliphatic carbocycles. The van der Waals surface area contributed by atoms with Crippen LogP contribution in [0.25, 0.3) is 10.9 Å². The second kappa shape index (κ2) is 6.63. The highest BCUT2D eigenvalue weighted by atomic mass is 31.1. The highest BCUT2D eigenvalue weighted by Crippen LogP contribution is 2.48. The number of H-pyrrole nitrogens is 1. The van der Waals surface area contributed by atoms with Crippen LogP contribution in [0.3, 0.4) is 0 Å². The quantitative estimate of drug-likeness (QED) is 0.597. The molecule has 2 atom stereocenters. The third-order valence-electron chi connectivity index (χ3n) is 4.35. The van der Waals surface area contributed by atoms with Gasteiger partial charge in [-0.15, -0.1) is 0 Å². The summed E-state index contributed by atoms with van der Waals surface area (Å²) < 4.78 is 12.1. The van der Waals surface area contributed by atoms with Crippen LogP contribution in [0.15, 0.2) is 60.7 Å². The van der Waals surface area contributed by atoms with Crippen molar-refractivity contribution >= 4 is 24.9 Å². The highest BCUT2D eigenvalue weighted by Gasteiger charge is 2.45. The van der Waals surface area contributed by atoms with E-state index in [4.69, 9.17) is 0 Å². The minimum Gasteiger partial charge on any atom is -0.480 e. The van der Waals surface area contributed by atoms with Gasteiger partial charge >= 0.3 is 5.97 Å². The normalized spacial score (nSPS) is 15.0. The van der Waals surface area contributed by atoms with Gasteiger partial charge in [-0.05, 0) is 35.9 Å². The summed E-state index contributed by atoms with van der Waals surface area (Å²) in [7, 11) is -3.35. The minimum atomic E-state index is -3.35. The number of rotatable bonds is 6. The lowest BCUT2D eigenvalue weighted by Crippen LogP contribution is -2.33. The van der Waals surface area contributed by atoms with Crippen LogP contribution in [0.1, 0.15) is 17.7 Å². The van der Waals surface area contributed by atoms with E-state index in [1.165, 1.54) is 0 Å². The van der Waals surface area contributed by atoms with Gasteiger partial charge in [0, 0.05) is 11.2 Å². The zero-order valence-corrected chi connectivity index (χ0v) is 13.9. The lowest BCUT2D eigenvalue weighted by atomic mass is 9.92. The van der Waals surface area contributed by atoms with Gasteiger partial charge in [0.25, 0.3) is 0 Å². The third-order valence-corrected chi connectivity index (χ3v) is 5.83. The number of nitrogens with one attached hydrogen (secondary N) is 1. The molecule has 3 N–H and O–H groups in total. The Morgan fingerprint density at radius 3 is 2.38 bits per heavy atom. The monoisotopic (exact) mass is 343 g/mol. The Hall–Kier alpha value is -2.36. The smallest absolute Gasteiger partial charge is 0.323 e. The number of aryl methyl sites for hydroxylation is 1. The Labute approximate surface area is 139 Å². The molecule has 2 aromatic carbocycles. The largest absolute Gasteiger partial charge is 0.480 e. The molecule has 0 saturated heterocycles. The molecule has 0 saturated carbocycles. The van der Waals surface area contributed by atoms with Crippen molar-refractivity contribution in [2.45, 2.75) is 18.0 Å². The fraction of sp³-hybridized carbons (Fsp3) is 0.167. The molecule has 1 heterocycles. The van der Waals surface area contributed by atoms with Crippen LogP contribution in [0.2, 0.25) is 0 Å². The molecular weight excluding hydrogens is 325 g/mol. The first-order valence-electron chi connectivity index (χ1n) is 7.63.